The van der Waals surface area contributed by atoms with E-state index in [0.717, 1.165) is 18.4 Å². The summed E-state index contributed by atoms with van der Waals surface area (Å²) in [7, 11) is 0. The molecule has 3 rings (SSSR count). The number of aromatic nitrogens is 2. The molecular weight excluding hydrogens is 298 g/mol. The van der Waals surface area contributed by atoms with Gasteiger partial charge < -0.3 is 10.4 Å². The third-order valence-electron chi connectivity index (χ3n) is 3.98. The van der Waals surface area contributed by atoms with Crippen LogP contribution in [0.3, 0.4) is 0 Å². The van der Waals surface area contributed by atoms with Gasteiger partial charge in [0.25, 0.3) is 11.5 Å². The fourth-order valence-electron chi connectivity index (χ4n) is 2.48. The number of fused-ring (bicyclic) bond motifs is 1. The van der Waals surface area contributed by atoms with E-state index in [0.29, 0.717) is 18.0 Å². The number of nitrogens with one attached hydrogen (secondary N) is 1. The molecule has 0 saturated heterocycles. The maximum absolute atomic E-state index is 12.4. The fraction of sp³-hybridized carbons (Fsp3) is 0.375. The van der Waals surface area contributed by atoms with Crippen LogP contribution in [0.25, 0.3) is 5.65 Å². The molecule has 1 amide bonds. The molecule has 2 aromatic heterocycles. The van der Waals surface area contributed by atoms with Gasteiger partial charge in [-0.25, -0.2) is 9.78 Å². The van der Waals surface area contributed by atoms with Gasteiger partial charge in [0.1, 0.15) is 17.3 Å². The van der Waals surface area contributed by atoms with E-state index in [1.807, 2.05) is 6.92 Å². The summed E-state index contributed by atoms with van der Waals surface area (Å²) in [5.74, 6) is -1.45. The molecule has 0 aliphatic heterocycles. The average molecular weight is 315 g/mol. The minimum atomic E-state index is -1.09. The Morgan fingerprint density at radius 2 is 2.22 bits per heavy atom. The van der Waals surface area contributed by atoms with Crippen LogP contribution in [0.2, 0.25) is 0 Å². The molecule has 0 aromatic carbocycles. The van der Waals surface area contributed by atoms with Gasteiger partial charge in [-0.15, -0.1) is 0 Å². The smallest absolute Gasteiger partial charge is 0.326 e. The van der Waals surface area contributed by atoms with Crippen LogP contribution in [0.15, 0.2) is 29.3 Å². The highest BCUT2D eigenvalue weighted by atomic mass is 16.4. The summed E-state index contributed by atoms with van der Waals surface area (Å²) in [5.41, 5.74) is 0.722. The van der Waals surface area contributed by atoms with E-state index in [-0.39, 0.29) is 5.56 Å². The minimum absolute atomic E-state index is 0.159. The Balaban J connectivity index is 1.88. The van der Waals surface area contributed by atoms with Crippen molar-refractivity contribution in [3.63, 3.8) is 0 Å². The van der Waals surface area contributed by atoms with E-state index in [9.17, 15) is 19.5 Å². The van der Waals surface area contributed by atoms with E-state index in [4.69, 9.17) is 0 Å². The molecule has 1 aliphatic rings. The Hall–Kier alpha value is -2.70. The molecule has 0 spiro atoms. The van der Waals surface area contributed by atoms with Gasteiger partial charge >= 0.3 is 5.97 Å². The van der Waals surface area contributed by atoms with Crippen molar-refractivity contribution in [3.8, 4) is 0 Å². The van der Waals surface area contributed by atoms with Crippen molar-refractivity contribution in [2.45, 2.75) is 32.2 Å². The number of carbonyl (C=O) groups excluding carboxylic acids is 1. The number of aryl methyl sites for hydroxylation is 1. The first-order valence-corrected chi connectivity index (χ1v) is 7.47. The first kappa shape index (κ1) is 15.2. The Bertz CT molecular complexity index is 839. The Kier molecular flexibility index (Phi) is 3.85. The number of hydrogen-bond acceptors (Lipinski definition) is 4. The summed E-state index contributed by atoms with van der Waals surface area (Å²) in [5, 5.41) is 11.6. The van der Waals surface area contributed by atoms with Gasteiger partial charge in [0, 0.05) is 12.4 Å². The number of pyridine rings is 1. The standard InChI is InChI=1S/C16H17N3O4/c1-9-4-5-19-13(6-9)17-8-11(15(19)21)14(20)18-12(16(22)23)7-10-2-3-10/h4-6,8,10,12H,2-3,7H2,1H3,(H,18,20)(H,22,23). The second-order valence-electron chi connectivity index (χ2n) is 5.95. The van der Waals surface area contributed by atoms with E-state index in [1.165, 1.54) is 10.6 Å². The summed E-state index contributed by atoms with van der Waals surface area (Å²) in [6.07, 6.45) is 5.11. The highest BCUT2D eigenvalue weighted by Gasteiger charge is 2.31. The van der Waals surface area contributed by atoms with E-state index >= 15 is 0 Å². The zero-order chi connectivity index (χ0) is 16.6. The van der Waals surface area contributed by atoms with Crippen molar-refractivity contribution in [3.05, 3.63) is 46.0 Å². The van der Waals surface area contributed by atoms with Crippen molar-refractivity contribution >= 4 is 17.5 Å². The lowest BCUT2D eigenvalue weighted by Crippen LogP contribution is -2.43. The molecule has 1 unspecified atom stereocenters. The second kappa shape index (κ2) is 5.83. The van der Waals surface area contributed by atoms with Crippen LogP contribution in [0.1, 0.15) is 35.2 Å². The molecule has 1 aliphatic carbocycles. The van der Waals surface area contributed by atoms with Crippen LogP contribution >= 0.6 is 0 Å². The molecule has 0 bridgehead atoms. The van der Waals surface area contributed by atoms with Crippen LogP contribution in [0.4, 0.5) is 0 Å². The van der Waals surface area contributed by atoms with Crippen molar-refractivity contribution < 1.29 is 14.7 Å². The first-order valence-electron chi connectivity index (χ1n) is 7.47. The summed E-state index contributed by atoms with van der Waals surface area (Å²) in [4.78, 5) is 40.0. The molecule has 1 atom stereocenters. The van der Waals surface area contributed by atoms with Gasteiger partial charge in [0.2, 0.25) is 0 Å². The third kappa shape index (κ3) is 3.23. The normalized spacial score (nSPS) is 15.3. The highest BCUT2D eigenvalue weighted by Crippen LogP contribution is 2.33. The number of nitrogens with zero attached hydrogens (tertiary/aromatic N) is 2. The molecule has 1 fully saturated rings. The van der Waals surface area contributed by atoms with Crippen molar-refractivity contribution in [1.82, 2.24) is 14.7 Å². The van der Waals surface area contributed by atoms with Gasteiger partial charge in [-0.2, -0.15) is 0 Å². The van der Waals surface area contributed by atoms with Gasteiger partial charge in [0.15, 0.2) is 0 Å². The van der Waals surface area contributed by atoms with Gasteiger partial charge in [0.05, 0.1) is 0 Å². The molecule has 2 heterocycles. The second-order valence-corrected chi connectivity index (χ2v) is 5.95. The maximum Gasteiger partial charge on any atom is 0.326 e. The fourth-order valence-corrected chi connectivity index (χ4v) is 2.48. The number of amides is 1. The molecule has 1 saturated carbocycles. The summed E-state index contributed by atoms with van der Waals surface area (Å²) in [6, 6.07) is 2.49. The van der Waals surface area contributed by atoms with Gasteiger partial charge in [-0.1, -0.05) is 12.8 Å². The molecule has 0 radical (unpaired) electrons. The highest BCUT2D eigenvalue weighted by molar-refractivity contribution is 5.96. The van der Waals surface area contributed by atoms with E-state index in [2.05, 4.69) is 10.3 Å². The van der Waals surface area contributed by atoms with E-state index in [1.54, 1.807) is 18.3 Å². The quantitative estimate of drug-likeness (QED) is 0.857. The Morgan fingerprint density at radius 3 is 2.87 bits per heavy atom. The predicted molar refractivity (Wildman–Crippen MR) is 82.4 cm³/mol. The van der Waals surface area contributed by atoms with Crippen molar-refractivity contribution in [2.24, 2.45) is 5.92 Å². The molecule has 120 valence electrons. The first-order chi connectivity index (χ1) is 11.0. The van der Waals surface area contributed by atoms with Crippen LogP contribution in [-0.4, -0.2) is 32.4 Å². The van der Waals surface area contributed by atoms with Crippen molar-refractivity contribution in [2.75, 3.05) is 0 Å². The molecule has 2 aromatic rings. The number of carboxylic acids is 1. The van der Waals surface area contributed by atoms with Gasteiger partial charge in [-0.05, 0) is 37.0 Å². The third-order valence-corrected chi connectivity index (χ3v) is 3.98. The number of carbonyl (C=O) groups is 2. The van der Waals surface area contributed by atoms with Crippen molar-refractivity contribution in [1.29, 1.82) is 0 Å². The number of carboxylic acid groups (broad SMARTS) is 1. The number of hydrogen-bond donors (Lipinski definition) is 2. The number of aliphatic carboxylic acids is 1. The molecule has 2 N–H and O–H groups in total. The summed E-state index contributed by atoms with van der Waals surface area (Å²) >= 11 is 0. The average Bonchev–Trinajstić information content (AvgIpc) is 3.30. The molecule has 7 heteroatoms. The largest absolute Gasteiger partial charge is 0.480 e. The van der Waals surface area contributed by atoms with Crippen LogP contribution in [-0.2, 0) is 4.79 Å². The lowest BCUT2D eigenvalue weighted by Gasteiger charge is -2.14. The Labute approximate surface area is 132 Å². The maximum atomic E-state index is 12.4. The Morgan fingerprint density at radius 1 is 1.48 bits per heavy atom. The zero-order valence-electron chi connectivity index (χ0n) is 12.7. The monoisotopic (exact) mass is 315 g/mol. The van der Waals surface area contributed by atoms with Crippen LogP contribution in [0.5, 0.6) is 0 Å². The lowest BCUT2D eigenvalue weighted by atomic mass is 10.1. The molecule has 23 heavy (non-hydrogen) atoms. The minimum Gasteiger partial charge on any atom is -0.480 e. The predicted octanol–water partition coefficient (Wildman–Crippen LogP) is 0.986. The summed E-state index contributed by atoms with van der Waals surface area (Å²) < 4.78 is 1.28. The SMILES string of the molecule is Cc1ccn2c(=O)c(C(=O)NC(CC3CC3)C(=O)O)cnc2c1. The lowest BCUT2D eigenvalue weighted by molar-refractivity contribution is -0.139. The topological polar surface area (TPSA) is 101 Å². The van der Waals surface area contributed by atoms with Crippen LogP contribution < -0.4 is 10.9 Å². The van der Waals surface area contributed by atoms with Gasteiger partial charge in [-0.3, -0.25) is 14.0 Å². The summed E-state index contributed by atoms with van der Waals surface area (Å²) in [6.45, 7) is 1.88. The van der Waals surface area contributed by atoms with E-state index < -0.39 is 23.5 Å². The number of rotatable bonds is 5. The molecular formula is C16H17N3O4. The van der Waals surface area contributed by atoms with Crippen LogP contribution in [0, 0.1) is 12.8 Å². The zero-order valence-corrected chi connectivity index (χ0v) is 12.7. The molecule has 7 nitrogen and oxygen atoms in total.